The first-order chi connectivity index (χ1) is 14.3. The molecule has 2 unspecified atom stereocenters. The third-order valence-corrected chi connectivity index (χ3v) is 6.38. The molecule has 30 heavy (non-hydrogen) atoms. The summed E-state index contributed by atoms with van der Waals surface area (Å²) in [6.07, 6.45) is 0.847. The SMILES string of the molecule is CCC(C)NC(=O)C(C)N(Cc1ccccc1C)C(=O)CSCc1cccc(Cl)c1. The predicted molar refractivity (Wildman–Crippen MR) is 127 cm³/mol. The minimum atomic E-state index is -0.544. The van der Waals surface area contributed by atoms with Crippen LogP contribution in [0.25, 0.3) is 0 Å². The highest BCUT2D eigenvalue weighted by Crippen LogP contribution is 2.19. The second kappa shape index (κ2) is 12.0. The van der Waals surface area contributed by atoms with E-state index in [4.69, 9.17) is 11.6 Å². The first-order valence-electron chi connectivity index (χ1n) is 10.3. The first-order valence-corrected chi connectivity index (χ1v) is 11.8. The van der Waals surface area contributed by atoms with E-state index in [-0.39, 0.29) is 17.9 Å². The molecule has 0 aliphatic rings. The van der Waals surface area contributed by atoms with Crippen LogP contribution in [0.15, 0.2) is 48.5 Å². The molecule has 0 heterocycles. The second-order valence-electron chi connectivity index (χ2n) is 7.56. The molecule has 2 rings (SSSR count). The molecule has 2 amide bonds. The molecule has 1 N–H and O–H groups in total. The molecule has 0 saturated carbocycles. The van der Waals surface area contributed by atoms with Crippen molar-refractivity contribution >= 4 is 35.2 Å². The molecule has 4 nitrogen and oxygen atoms in total. The summed E-state index contributed by atoms with van der Waals surface area (Å²) in [6.45, 7) is 8.24. The number of benzene rings is 2. The Balaban J connectivity index is 2.09. The van der Waals surface area contributed by atoms with Crippen molar-refractivity contribution in [3.63, 3.8) is 0 Å². The number of hydrogen-bond acceptors (Lipinski definition) is 3. The number of halogens is 1. The van der Waals surface area contributed by atoms with E-state index in [0.717, 1.165) is 23.1 Å². The van der Waals surface area contributed by atoms with Crippen molar-refractivity contribution < 1.29 is 9.59 Å². The van der Waals surface area contributed by atoms with Gasteiger partial charge in [0.2, 0.25) is 11.8 Å². The van der Waals surface area contributed by atoms with E-state index in [0.29, 0.717) is 23.1 Å². The zero-order chi connectivity index (χ0) is 22.1. The Hall–Kier alpha value is -1.98. The van der Waals surface area contributed by atoms with E-state index in [1.165, 1.54) is 11.8 Å². The quantitative estimate of drug-likeness (QED) is 0.544. The number of thioether (sulfide) groups is 1. The van der Waals surface area contributed by atoms with Crippen LogP contribution in [-0.2, 0) is 21.9 Å². The molecule has 0 aromatic heterocycles. The van der Waals surface area contributed by atoms with Crippen molar-refractivity contribution in [3.8, 4) is 0 Å². The lowest BCUT2D eigenvalue weighted by Crippen LogP contribution is -2.50. The summed E-state index contributed by atoms with van der Waals surface area (Å²) in [5.74, 6) is 0.834. The molecule has 0 saturated heterocycles. The van der Waals surface area contributed by atoms with Gasteiger partial charge in [0.1, 0.15) is 6.04 Å². The third kappa shape index (κ3) is 7.37. The number of hydrogen-bond donors (Lipinski definition) is 1. The number of nitrogens with zero attached hydrogens (tertiary/aromatic N) is 1. The largest absolute Gasteiger partial charge is 0.352 e. The summed E-state index contributed by atoms with van der Waals surface area (Å²) in [7, 11) is 0. The Morgan fingerprint density at radius 2 is 1.87 bits per heavy atom. The van der Waals surface area contributed by atoms with E-state index >= 15 is 0 Å². The van der Waals surface area contributed by atoms with Gasteiger partial charge in [0.15, 0.2) is 0 Å². The monoisotopic (exact) mass is 446 g/mol. The highest BCUT2D eigenvalue weighted by Gasteiger charge is 2.27. The summed E-state index contributed by atoms with van der Waals surface area (Å²) in [4.78, 5) is 27.5. The van der Waals surface area contributed by atoms with Gasteiger partial charge in [0, 0.05) is 23.4 Å². The Bertz CT molecular complexity index is 859. The maximum Gasteiger partial charge on any atom is 0.242 e. The van der Waals surface area contributed by atoms with Crippen molar-refractivity contribution in [2.45, 2.75) is 58.5 Å². The highest BCUT2D eigenvalue weighted by molar-refractivity contribution is 7.99. The molecule has 2 aromatic carbocycles. The van der Waals surface area contributed by atoms with Crippen LogP contribution in [-0.4, -0.2) is 34.6 Å². The topological polar surface area (TPSA) is 49.4 Å². The molecule has 0 aliphatic heterocycles. The Morgan fingerprint density at radius 1 is 1.13 bits per heavy atom. The summed E-state index contributed by atoms with van der Waals surface area (Å²) < 4.78 is 0. The fourth-order valence-electron chi connectivity index (χ4n) is 2.99. The van der Waals surface area contributed by atoms with E-state index in [1.807, 2.05) is 69.3 Å². The minimum Gasteiger partial charge on any atom is -0.352 e. The summed E-state index contributed by atoms with van der Waals surface area (Å²) in [6, 6.07) is 15.2. The Labute approximate surface area is 189 Å². The van der Waals surface area contributed by atoms with E-state index in [1.54, 1.807) is 11.8 Å². The van der Waals surface area contributed by atoms with Crippen LogP contribution in [0, 0.1) is 6.92 Å². The van der Waals surface area contributed by atoms with Crippen molar-refractivity contribution in [2.75, 3.05) is 5.75 Å². The normalized spacial score (nSPS) is 12.8. The van der Waals surface area contributed by atoms with Gasteiger partial charge in [0.25, 0.3) is 0 Å². The van der Waals surface area contributed by atoms with Crippen LogP contribution in [0.5, 0.6) is 0 Å². The molecule has 2 aromatic rings. The molecule has 0 aliphatic carbocycles. The van der Waals surface area contributed by atoms with Crippen molar-refractivity contribution in [3.05, 3.63) is 70.2 Å². The zero-order valence-corrected chi connectivity index (χ0v) is 19.7. The van der Waals surface area contributed by atoms with Crippen LogP contribution < -0.4 is 5.32 Å². The number of amides is 2. The van der Waals surface area contributed by atoms with Crippen molar-refractivity contribution in [1.82, 2.24) is 10.2 Å². The lowest BCUT2D eigenvalue weighted by Gasteiger charge is -2.30. The van der Waals surface area contributed by atoms with Crippen LogP contribution in [0.1, 0.15) is 43.9 Å². The average Bonchev–Trinajstić information content (AvgIpc) is 2.72. The standard InChI is InChI=1S/C24H31ClN2O2S/c1-5-18(3)26-24(29)19(4)27(14-21-11-7-6-9-17(21)2)23(28)16-30-15-20-10-8-12-22(25)13-20/h6-13,18-19H,5,14-16H2,1-4H3,(H,26,29). The fourth-order valence-corrected chi connectivity index (χ4v) is 4.06. The van der Waals surface area contributed by atoms with Gasteiger partial charge in [-0.1, -0.05) is 54.9 Å². The summed E-state index contributed by atoms with van der Waals surface area (Å²) in [5, 5.41) is 3.69. The lowest BCUT2D eigenvalue weighted by molar-refractivity contribution is -0.138. The van der Waals surface area contributed by atoms with Gasteiger partial charge in [-0.2, -0.15) is 0 Å². The van der Waals surface area contributed by atoms with Gasteiger partial charge < -0.3 is 10.2 Å². The minimum absolute atomic E-state index is 0.0444. The number of aryl methyl sites for hydroxylation is 1. The molecule has 0 spiro atoms. The average molecular weight is 447 g/mol. The van der Waals surface area contributed by atoms with Crippen molar-refractivity contribution in [2.24, 2.45) is 0 Å². The maximum absolute atomic E-state index is 13.1. The van der Waals surface area contributed by atoms with Gasteiger partial charge >= 0.3 is 0 Å². The Kier molecular flexibility index (Phi) is 9.73. The van der Waals surface area contributed by atoms with Gasteiger partial charge in [-0.05, 0) is 56.0 Å². The summed E-state index contributed by atoms with van der Waals surface area (Å²) >= 11 is 7.57. The molecule has 2 atom stereocenters. The smallest absolute Gasteiger partial charge is 0.242 e. The van der Waals surface area contributed by atoms with E-state index in [2.05, 4.69) is 5.32 Å². The van der Waals surface area contributed by atoms with E-state index < -0.39 is 6.04 Å². The van der Waals surface area contributed by atoms with Crippen LogP contribution in [0.4, 0.5) is 0 Å². The van der Waals surface area contributed by atoms with Crippen LogP contribution >= 0.6 is 23.4 Å². The number of rotatable bonds is 10. The first kappa shape index (κ1) is 24.3. The van der Waals surface area contributed by atoms with Gasteiger partial charge in [-0.15, -0.1) is 11.8 Å². The predicted octanol–water partition coefficient (Wildman–Crippen LogP) is 5.21. The maximum atomic E-state index is 13.1. The van der Waals surface area contributed by atoms with Crippen molar-refractivity contribution in [1.29, 1.82) is 0 Å². The molecular weight excluding hydrogens is 416 g/mol. The van der Waals surface area contributed by atoms with Gasteiger partial charge in [-0.3, -0.25) is 9.59 Å². The molecule has 162 valence electrons. The zero-order valence-electron chi connectivity index (χ0n) is 18.2. The molecule has 0 radical (unpaired) electrons. The number of nitrogens with one attached hydrogen (secondary N) is 1. The van der Waals surface area contributed by atoms with Gasteiger partial charge in [-0.25, -0.2) is 0 Å². The molecule has 0 fully saturated rings. The van der Waals surface area contributed by atoms with Gasteiger partial charge in [0.05, 0.1) is 5.75 Å². The Morgan fingerprint density at radius 3 is 2.53 bits per heavy atom. The third-order valence-electron chi connectivity index (χ3n) is 5.15. The lowest BCUT2D eigenvalue weighted by atomic mass is 10.1. The summed E-state index contributed by atoms with van der Waals surface area (Å²) in [5.41, 5.74) is 3.23. The molecule has 0 bridgehead atoms. The number of carbonyl (C=O) groups excluding carboxylic acids is 2. The number of carbonyl (C=O) groups is 2. The fraction of sp³-hybridized carbons (Fsp3) is 0.417. The molecular formula is C24H31ClN2O2S. The van der Waals surface area contributed by atoms with Crippen LogP contribution in [0.2, 0.25) is 5.02 Å². The van der Waals surface area contributed by atoms with E-state index in [9.17, 15) is 9.59 Å². The second-order valence-corrected chi connectivity index (χ2v) is 8.99. The molecule has 6 heteroatoms. The van der Waals surface area contributed by atoms with Crippen LogP contribution in [0.3, 0.4) is 0 Å². The highest BCUT2D eigenvalue weighted by atomic mass is 35.5.